The lowest BCUT2D eigenvalue weighted by atomic mass is 10.1. The van der Waals surface area contributed by atoms with E-state index in [4.69, 9.17) is 18.6 Å². The predicted octanol–water partition coefficient (Wildman–Crippen LogP) is 5.62. The zero-order chi connectivity index (χ0) is 23.7. The van der Waals surface area contributed by atoms with Crippen molar-refractivity contribution in [3.63, 3.8) is 0 Å². The Morgan fingerprint density at radius 3 is 2.15 bits per heavy atom. The molecule has 0 saturated heterocycles. The van der Waals surface area contributed by atoms with Crippen molar-refractivity contribution in [2.45, 2.75) is 20.8 Å². The largest absolute Gasteiger partial charge is 0.493 e. The van der Waals surface area contributed by atoms with Crippen molar-refractivity contribution in [2.24, 2.45) is 0 Å². The minimum absolute atomic E-state index is 0.234. The van der Waals surface area contributed by atoms with Crippen molar-refractivity contribution in [3.05, 3.63) is 87.5 Å². The van der Waals surface area contributed by atoms with Gasteiger partial charge >= 0.3 is 5.97 Å². The summed E-state index contributed by atoms with van der Waals surface area (Å²) in [6.45, 7) is 5.37. The Bertz CT molecular complexity index is 1430. The number of hydrogen-bond acceptors (Lipinski definition) is 6. The number of rotatable bonds is 5. The number of methoxy groups -OCH3 is 2. The van der Waals surface area contributed by atoms with E-state index in [9.17, 15) is 9.59 Å². The summed E-state index contributed by atoms with van der Waals surface area (Å²) in [6, 6.07) is 15.7. The van der Waals surface area contributed by atoms with Gasteiger partial charge in [0, 0.05) is 0 Å². The maximum absolute atomic E-state index is 13.2. The molecule has 0 spiro atoms. The summed E-state index contributed by atoms with van der Waals surface area (Å²) in [5.74, 6) is 1.79. The van der Waals surface area contributed by atoms with E-state index in [2.05, 4.69) is 0 Å². The van der Waals surface area contributed by atoms with Crippen LogP contribution in [-0.4, -0.2) is 20.2 Å². The summed E-state index contributed by atoms with van der Waals surface area (Å²) in [5, 5.41) is 0.858. The zero-order valence-corrected chi connectivity index (χ0v) is 19.1. The van der Waals surface area contributed by atoms with Crippen LogP contribution in [0.4, 0.5) is 0 Å². The van der Waals surface area contributed by atoms with Crippen LogP contribution < -0.4 is 19.6 Å². The molecule has 3 aromatic carbocycles. The molecular weight excluding hydrogens is 420 g/mol. The molecule has 0 atom stereocenters. The van der Waals surface area contributed by atoms with E-state index in [0.29, 0.717) is 50.5 Å². The standard InChI is InChI=1S/C27H24O6/c1-15-7-6-8-19(11-15)27(29)33-24-14-20(18-9-10-22(30-4)23(13-18)31-5)12-21(28)25-16(2)32-17(3)26(24)25/h6-14H,1-5H3. The number of esters is 1. The summed E-state index contributed by atoms with van der Waals surface area (Å²) in [6.07, 6.45) is 0. The van der Waals surface area contributed by atoms with Gasteiger partial charge in [0.05, 0.1) is 30.6 Å². The lowest BCUT2D eigenvalue weighted by Gasteiger charge is -2.10. The number of fused-ring (bicyclic) bond motifs is 1. The molecule has 0 fully saturated rings. The quantitative estimate of drug-likeness (QED) is 0.372. The molecule has 0 aliphatic heterocycles. The van der Waals surface area contributed by atoms with E-state index in [1.54, 1.807) is 64.5 Å². The zero-order valence-electron chi connectivity index (χ0n) is 19.1. The predicted molar refractivity (Wildman–Crippen MR) is 127 cm³/mol. The fourth-order valence-electron chi connectivity index (χ4n) is 3.94. The minimum Gasteiger partial charge on any atom is -0.493 e. The van der Waals surface area contributed by atoms with Crippen LogP contribution in [-0.2, 0) is 0 Å². The van der Waals surface area contributed by atoms with Crippen LogP contribution in [0, 0.1) is 20.8 Å². The minimum atomic E-state index is -0.518. The summed E-state index contributed by atoms with van der Waals surface area (Å²) >= 11 is 0. The van der Waals surface area contributed by atoms with E-state index in [0.717, 1.165) is 5.56 Å². The third-order valence-electron chi connectivity index (χ3n) is 5.50. The second-order valence-electron chi connectivity index (χ2n) is 7.77. The lowest BCUT2D eigenvalue weighted by molar-refractivity contribution is 0.0737. The number of ether oxygens (including phenoxy) is 3. The van der Waals surface area contributed by atoms with Crippen molar-refractivity contribution < 1.29 is 23.4 Å². The van der Waals surface area contributed by atoms with Crippen molar-refractivity contribution in [3.8, 4) is 28.4 Å². The number of carbonyl (C=O) groups is 1. The second kappa shape index (κ2) is 8.82. The molecule has 4 aromatic rings. The van der Waals surface area contributed by atoms with Crippen molar-refractivity contribution in [1.29, 1.82) is 0 Å². The van der Waals surface area contributed by atoms with Crippen LogP contribution in [0.25, 0.3) is 21.9 Å². The maximum Gasteiger partial charge on any atom is 0.343 e. The second-order valence-corrected chi connectivity index (χ2v) is 7.77. The number of benzene rings is 2. The first-order valence-corrected chi connectivity index (χ1v) is 10.4. The number of carbonyl (C=O) groups excluding carboxylic acids is 1. The van der Waals surface area contributed by atoms with Crippen LogP contribution in [0.3, 0.4) is 0 Å². The van der Waals surface area contributed by atoms with E-state index in [1.807, 2.05) is 19.1 Å². The molecule has 1 aromatic heterocycles. The average molecular weight is 444 g/mol. The van der Waals surface area contributed by atoms with Gasteiger partial charge in [-0.3, -0.25) is 4.79 Å². The average Bonchev–Trinajstić information content (AvgIpc) is 3.01. The maximum atomic E-state index is 13.2. The molecule has 0 amide bonds. The molecule has 0 aliphatic rings. The Morgan fingerprint density at radius 2 is 1.45 bits per heavy atom. The third-order valence-corrected chi connectivity index (χ3v) is 5.50. The topological polar surface area (TPSA) is 75.0 Å². The number of hydrogen-bond donors (Lipinski definition) is 0. The highest BCUT2D eigenvalue weighted by atomic mass is 16.5. The molecular formula is C27H24O6. The van der Waals surface area contributed by atoms with Gasteiger partial charge in [0.25, 0.3) is 0 Å². The first kappa shape index (κ1) is 22.1. The molecule has 4 rings (SSSR count). The van der Waals surface area contributed by atoms with Gasteiger partial charge in [0.15, 0.2) is 16.9 Å². The normalized spacial score (nSPS) is 10.8. The van der Waals surface area contributed by atoms with Gasteiger partial charge in [0.1, 0.15) is 17.3 Å². The summed E-state index contributed by atoms with van der Waals surface area (Å²) in [7, 11) is 3.10. The molecule has 0 N–H and O–H groups in total. The Hall–Kier alpha value is -4.06. The number of furan rings is 1. The Kier molecular flexibility index (Phi) is 5.92. The fourth-order valence-corrected chi connectivity index (χ4v) is 3.94. The molecule has 0 radical (unpaired) electrons. The molecule has 6 heteroatoms. The summed E-state index contributed by atoms with van der Waals surface area (Å²) in [5.41, 5.74) is 2.41. The van der Waals surface area contributed by atoms with E-state index < -0.39 is 5.97 Å². The molecule has 1 heterocycles. The van der Waals surface area contributed by atoms with Crippen molar-refractivity contribution in [1.82, 2.24) is 0 Å². The van der Waals surface area contributed by atoms with Crippen LogP contribution in [0.2, 0.25) is 0 Å². The highest BCUT2D eigenvalue weighted by molar-refractivity contribution is 5.97. The van der Waals surface area contributed by atoms with Crippen molar-refractivity contribution >= 4 is 16.7 Å². The molecule has 0 saturated carbocycles. The summed E-state index contributed by atoms with van der Waals surface area (Å²) in [4.78, 5) is 26.2. The fraction of sp³-hybridized carbons (Fsp3) is 0.185. The van der Waals surface area contributed by atoms with Gasteiger partial charge < -0.3 is 18.6 Å². The Morgan fingerprint density at radius 1 is 0.758 bits per heavy atom. The molecule has 0 bridgehead atoms. The van der Waals surface area contributed by atoms with Gasteiger partial charge in [-0.25, -0.2) is 4.79 Å². The van der Waals surface area contributed by atoms with Crippen molar-refractivity contribution in [2.75, 3.05) is 14.2 Å². The molecule has 0 aliphatic carbocycles. The van der Waals surface area contributed by atoms with Gasteiger partial charge in [-0.05, 0) is 68.3 Å². The van der Waals surface area contributed by atoms with Gasteiger partial charge in [-0.2, -0.15) is 0 Å². The smallest absolute Gasteiger partial charge is 0.343 e. The van der Waals surface area contributed by atoms with E-state index in [1.165, 1.54) is 6.07 Å². The molecule has 33 heavy (non-hydrogen) atoms. The number of aryl methyl sites for hydroxylation is 3. The van der Waals surface area contributed by atoms with Gasteiger partial charge in [-0.1, -0.05) is 23.8 Å². The Labute approximate surface area is 191 Å². The highest BCUT2D eigenvalue weighted by Crippen LogP contribution is 2.36. The highest BCUT2D eigenvalue weighted by Gasteiger charge is 2.19. The molecule has 0 unspecified atom stereocenters. The van der Waals surface area contributed by atoms with E-state index in [-0.39, 0.29) is 11.2 Å². The molecule has 168 valence electrons. The van der Waals surface area contributed by atoms with Gasteiger partial charge in [0.2, 0.25) is 0 Å². The van der Waals surface area contributed by atoms with Crippen LogP contribution in [0.15, 0.2) is 63.8 Å². The monoisotopic (exact) mass is 444 g/mol. The summed E-state index contributed by atoms with van der Waals surface area (Å²) < 4.78 is 22.3. The third kappa shape index (κ3) is 4.20. The van der Waals surface area contributed by atoms with Crippen LogP contribution in [0.1, 0.15) is 27.4 Å². The van der Waals surface area contributed by atoms with Crippen LogP contribution >= 0.6 is 0 Å². The first-order chi connectivity index (χ1) is 15.8. The van der Waals surface area contributed by atoms with Gasteiger partial charge in [-0.15, -0.1) is 0 Å². The van der Waals surface area contributed by atoms with Crippen LogP contribution in [0.5, 0.6) is 17.2 Å². The lowest BCUT2D eigenvalue weighted by Crippen LogP contribution is -2.08. The molecule has 6 nitrogen and oxygen atoms in total. The SMILES string of the molecule is COc1ccc(-c2cc(OC(=O)c3cccc(C)c3)c3c(C)oc(C)c3c(=O)c2)cc1OC. The Balaban J connectivity index is 1.94. The van der Waals surface area contributed by atoms with E-state index >= 15 is 0 Å². The first-order valence-electron chi connectivity index (χ1n) is 10.4.